The summed E-state index contributed by atoms with van der Waals surface area (Å²) in [5, 5.41) is 13.5. The number of carboxylic acids is 1. The van der Waals surface area contributed by atoms with Crippen LogP contribution in [0.4, 0.5) is 5.69 Å². The molecule has 0 bridgehead atoms. The third-order valence-electron chi connectivity index (χ3n) is 4.08. The molecule has 2 N–H and O–H groups in total. The normalized spacial score (nSPS) is 26.9. The first-order chi connectivity index (χ1) is 9.43. The fourth-order valence-electron chi connectivity index (χ4n) is 2.76. The van der Waals surface area contributed by atoms with Gasteiger partial charge in [0.05, 0.1) is 5.02 Å². The second-order valence-electron chi connectivity index (χ2n) is 5.68. The Morgan fingerprint density at radius 2 is 2.20 bits per heavy atom. The molecule has 1 fully saturated rings. The Kier molecular flexibility index (Phi) is 4.97. The lowest BCUT2D eigenvalue weighted by molar-refractivity contribution is -0.142. The van der Waals surface area contributed by atoms with Crippen molar-refractivity contribution in [2.75, 3.05) is 5.32 Å². The maximum atomic E-state index is 11.8. The van der Waals surface area contributed by atoms with Gasteiger partial charge >= 0.3 is 5.97 Å². The molecule has 0 saturated heterocycles. The van der Waals surface area contributed by atoms with Gasteiger partial charge in [-0.3, -0.25) is 0 Å². The molecule has 1 aromatic rings. The van der Waals surface area contributed by atoms with E-state index in [0.717, 1.165) is 29.4 Å². The minimum atomic E-state index is -0.863. The number of rotatable bonds is 3. The molecule has 1 aliphatic rings. The van der Waals surface area contributed by atoms with E-state index >= 15 is 0 Å². The van der Waals surface area contributed by atoms with Gasteiger partial charge in [-0.2, -0.15) is 0 Å². The van der Waals surface area contributed by atoms with Crippen LogP contribution in [0.2, 0.25) is 5.02 Å². The van der Waals surface area contributed by atoms with E-state index in [1.54, 1.807) is 6.07 Å². The highest BCUT2D eigenvalue weighted by molar-refractivity contribution is 9.10. The van der Waals surface area contributed by atoms with Crippen molar-refractivity contribution in [1.82, 2.24) is 0 Å². The van der Waals surface area contributed by atoms with Crippen molar-refractivity contribution in [2.45, 2.75) is 44.6 Å². The van der Waals surface area contributed by atoms with Crippen molar-refractivity contribution < 1.29 is 9.90 Å². The fraction of sp³-hybridized carbons (Fsp3) is 0.533. The highest BCUT2D eigenvalue weighted by Crippen LogP contribution is 2.35. The zero-order chi connectivity index (χ0) is 14.8. The van der Waals surface area contributed by atoms with E-state index in [9.17, 15) is 9.90 Å². The van der Waals surface area contributed by atoms with Crippen LogP contribution < -0.4 is 5.32 Å². The van der Waals surface area contributed by atoms with Crippen LogP contribution in [0.5, 0.6) is 0 Å². The second-order valence-corrected chi connectivity index (χ2v) is 6.94. The summed E-state index contributed by atoms with van der Waals surface area (Å²) in [6, 6.07) is 5.43. The van der Waals surface area contributed by atoms with E-state index in [1.165, 1.54) is 0 Å². The fourth-order valence-corrected chi connectivity index (χ4v) is 3.25. The maximum Gasteiger partial charge on any atom is 0.329 e. The first-order valence-corrected chi connectivity index (χ1v) is 8.07. The van der Waals surface area contributed by atoms with Crippen LogP contribution in [-0.4, -0.2) is 16.6 Å². The van der Waals surface area contributed by atoms with Gasteiger partial charge in [-0.1, -0.05) is 31.4 Å². The van der Waals surface area contributed by atoms with Gasteiger partial charge in [0, 0.05) is 10.2 Å². The third-order valence-corrected chi connectivity index (χ3v) is 5.29. The monoisotopic (exact) mass is 359 g/mol. The average molecular weight is 361 g/mol. The Bertz CT molecular complexity index is 509. The Morgan fingerprint density at radius 3 is 2.85 bits per heavy atom. The molecule has 20 heavy (non-hydrogen) atoms. The lowest BCUT2D eigenvalue weighted by Crippen LogP contribution is -2.46. The van der Waals surface area contributed by atoms with Gasteiger partial charge < -0.3 is 10.4 Å². The van der Waals surface area contributed by atoms with Gasteiger partial charge in [0.25, 0.3) is 0 Å². The van der Waals surface area contributed by atoms with Crippen LogP contribution in [0, 0.1) is 5.92 Å². The van der Waals surface area contributed by atoms with E-state index in [4.69, 9.17) is 11.6 Å². The molecule has 0 radical (unpaired) electrons. The van der Waals surface area contributed by atoms with Crippen LogP contribution in [-0.2, 0) is 4.79 Å². The highest BCUT2D eigenvalue weighted by atomic mass is 79.9. The van der Waals surface area contributed by atoms with Crippen molar-refractivity contribution in [3.8, 4) is 0 Å². The summed E-state index contributed by atoms with van der Waals surface area (Å²) in [6.07, 6.45) is 4.29. The summed E-state index contributed by atoms with van der Waals surface area (Å²) in [5.74, 6) is -0.173. The summed E-state index contributed by atoms with van der Waals surface area (Å²) in [4.78, 5) is 11.8. The molecule has 5 heteroatoms. The summed E-state index contributed by atoms with van der Waals surface area (Å²) in [6.45, 7) is 2.19. The molecule has 0 aromatic heterocycles. The Hall–Kier alpha value is -0.740. The molecule has 3 nitrogen and oxygen atoms in total. The predicted molar refractivity (Wildman–Crippen MR) is 85.4 cm³/mol. The Labute approximate surface area is 132 Å². The quantitative estimate of drug-likeness (QED) is 0.751. The molecule has 2 unspecified atom stereocenters. The zero-order valence-corrected chi connectivity index (χ0v) is 13.8. The van der Waals surface area contributed by atoms with Crippen LogP contribution >= 0.6 is 27.5 Å². The third kappa shape index (κ3) is 3.47. The maximum absolute atomic E-state index is 11.8. The van der Waals surface area contributed by atoms with Crippen molar-refractivity contribution in [3.63, 3.8) is 0 Å². The number of halogens is 2. The molecule has 1 saturated carbocycles. The Balaban J connectivity index is 2.24. The first-order valence-electron chi connectivity index (χ1n) is 6.89. The number of anilines is 1. The lowest BCUT2D eigenvalue weighted by atomic mass is 9.89. The van der Waals surface area contributed by atoms with E-state index in [2.05, 4.69) is 28.2 Å². The molecule has 1 aromatic carbocycles. The van der Waals surface area contributed by atoms with Crippen molar-refractivity contribution in [1.29, 1.82) is 0 Å². The molecular weight excluding hydrogens is 342 g/mol. The minimum Gasteiger partial charge on any atom is -0.480 e. The van der Waals surface area contributed by atoms with Crippen LogP contribution in [0.1, 0.15) is 39.0 Å². The van der Waals surface area contributed by atoms with Gasteiger partial charge in [-0.15, -0.1) is 0 Å². The first kappa shape index (κ1) is 15.6. The van der Waals surface area contributed by atoms with Crippen molar-refractivity contribution in [3.05, 3.63) is 27.7 Å². The van der Waals surface area contributed by atoms with Crippen LogP contribution in [0.3, 0.4) is 0 Å². The van der Waals surface area contributed by atoms with Gasteiger partial charge in [-0.05, 0) is 59.3 Å². The zero-order valence-electron chi connectivity index (χ0n) is 11.5. The number of aliphatic carboxylic acids is 1. The van der Waals surface area contributed by atoms with E-state index in [-0.39, 0.29) is 0 Å². The number of nitrogens with one attached hydrogen (secondary N) is 1. The number of hydrogen-bond donors (Lipinski definition) is 2. The van der Waals surface area contributed by atoms with Gasteiger partial charge in [0.15, 0.2) is 0 Å². The number of benzene rings is 1. The smallest absolute Gasteiger partial charge is 0.329 e. The van der Waals surface area contributed by atoms with E-state index in [1.807, 2.05) is 12.1 Å². The molecule has 110 valence electrons. The van der Waals surface area contributed by atoms with Gasteiger partial charge in [0.2, 0.25) is 0 Å². The number of carbonyl (C=O) groups is 1. The SMILES string of the molecule is CC1CCCC(Nc2ccc(Cl)c(Br)c2)(C(=O)O)CC1. The summed E-state index contributed by atoms with van der Waals surface area (Å²) in [7, 11) is 0. The van der Waals surface area contributed by atoms with Crippen molar-refractivity contribution in [2.24, 2.45) is 5.92 Å². The lowest BCUT2D eigenvalue weighted by Gasteiger charge is -2.30. The molecule has 0 spiro atoms. The molecular formula is C15H19BrClNO2. The molecule has 1 aliphatic carbocycles. The minimum absolute atomic E-state index is 0.593. The average Bonchev–Trinajstić information content (AvgIpc) is 2.57. The predicted octanol–water partition coefficient (Wildman–Crippen LogP) is 4.94. The van der Waals surface area contributed by atoms with E-state index < -0.39 is 11.5 Å². The van der Waals surface area contributed by atoms with Crippen LogP contribution in [0.25, 0.3) is 0 Å². The summed E-state index contributed by atoms with van der Waals surface area (Å²) >= 11 is 9.35. The Morgan fingerprint density at radius 1 is 1.45 bits per heavy atom. The summed E-state index contributed by atoms with van der Waals surface area (Å²) in [5.41, 5.74) is -0.0730. The molecule has 2 rings (SSSR count). The topological polar surface area (TPSA) is 49.3 Å². The van der Waals surface area contributed by atoms with Gasteiger partial charge in [-0.25, -0.2) is 4.79 Å². The number of carboxylic acid groups (broad SMARTS) is 1. The molecule has 2 atom stereocenters. The summed E-state index contributed by atoms with van der Waals surface area (Å²) < 4.78 is 0.770. The largest absolute Gasteiger partial charge is 0.480 e. The standard InChI is InChI=1S/C15H19BrClNO2/c1-10-3-2-7-15(8-6-10,14(19)20)18-11-4-5-13(17)12(16)9-11/h4-5,9-10,18H,2-3,6-8H2,1H3,(H,19,20). The molecule has 0 amide bonds. The highest BCUT2D eigenvalue weighted by Gasteiger charge is 2.39. The van der Waals surface area contributed by atoms with Crippen LogP contribution in [0.15, 0.2) is 22.7 Å². The van der Waals surface area contributed by atoms with Crippen molar-refractivity contribution >= 4 is 39.2 Å². The van der Waals surface area contributed by atoms with E-state index in [0.29, 0.717) is 23.8 Å². The second kappa shape index (κ2) is 6.35. The molecule has 0 heterocycles. The van der Waals surface area contributed by atoms with Gasteiger partial charge in [0.1, 0.15) is 5.54 Å². The molecule has 0 aliphatic heterocycles. The number of hydrogen-bond acceptors (Lipinski definition) is 2.